The Hall–Kier alpha value is -2.14. The van der Waals surface area contributed by atoms with Crippen LogP contribution < -0.4 is 0 Å². The lowest BCUT2D eigenvalue weighted by Crippen LogP contribution is -2.48. The molecule has 1 heterocycles. The van der Waals surface area contributed by atoms with Crippen LogP contribution in [0, 0.1) is 0 Å². The zero-order valence-electron chi connectivity index (χ0n) is 11.4. The lowest BCUT2D eigenvalue weighted by atomic mass is 10.0. The summed E-state index contributed by atoms with van der Waals surface area (Å²) >= 11 is 0. The minimum absolute atomic E-state index is 0.0408. The van der Waals surface area contributed by atoms with E-state index in [-0.39, 0.29) is 11.9 Å². The van der Waals surface area contributed by atoms with E-state index in [9.17, 15) is 9.59 Å². The second-order valence-corrected chi connectivity index (χ2v) is 4.89. The van der Waals surface area contributed by atoms with E-state index in [1.807, 2.05) is 37.4 Å². The van der Waals surface area contributed by atoms with E-state index >= 15 is 0 Å². The number of carbonyl (C=O) groups excluding carboxylic acids is 1. The maximum atomic E-state index is 12.2. The molecule has 1 aromatic carbocycles. The minimum Gasteiger partial charge on any atom is -0.478 e. The highest BCUT2D eigenvalue weighted by molar-refractivity contribution is 5.94. The number of hydrogen-bond donors (Lipinski definition) is 1. The van der Waals surface area contributed by atoms with Gasteiger partial charge in [-0.05, 0) is 12.6 Å². The molecule has 1 fully saturated rings. The van der Waals surface area contributed by atoms with Gasteiger partial charge in [-0.3, -0.25) is 4.79 Å². The van der Waals surface area contributed by atoms with E-state index in [1.54, 1.807) is 4.90 Å². The van der Waals surface area contributed by atoms with Crippen molar-refractivity contribution in [2.45, 2.75) is 6.04 Å². The first-order valence-electron chi connectivity index (χ1n) is 6.53. The fourth-order valence-electron chi connectivity index (χ4n) is 2.38. The second-order valence-electron chi connectivity index (χ2n) is 4.89. The van der Waals surface area contributed by atoms with Crippen LogP contribution in [0.5, 0.6) is 0 Å². The molecule has 0 aromatic heterocycles. The third kappa shape index (κ3) is 3.45. The topological polar surface area (TPSA) is 60.9 Å². The third-order valence-electron chi connectivity index (χ3n) is 3.42. The quantitative estimate of drug-likeness (QED) is 0.840. The molecule has 1 aliphatic rings. The van der Waals surface area contributed by atoms with Gasteiger partial charge in [-0.25, -0.2) is 4.79 Å². The van der Waals surface area contributed by atoms with Crippen molar-refractivity contribution in [2.75, 3.05) is 26.7 Å². The first-order chi connectivity index (χ1) is 9.58. The van der Waals surface area contributed by atoms with Crippen molar-refractivity contribution in [2.24, 2.45) is 0 Å². The van der Waals surface area contributed by atoms with Gasteiger partial charge >= 0.3 is 5.97 Å². The Labute approximate surface area is 118 Å². The van der Waals surface area contributed by atoms with Crippen LogP contribution in [0.15, 0.2) is 42.5 Å². The van der Waals surface area contributed by atoms with Crippen molar-refractivity contribution in [3.8, 4) is 0 Å². The number of carboxylic acids is 1. The molecule has 1 amide bonds. The van der Waals surface area contributed by atoms with Gasteiger partial charge in [0, 0.05) is 31.8 Å². The van der Waals surface area contributed by atoms with Gasteiger partial charge in [-0.1, -0.05) is 30.3 Å². The zero-order chi connectivity index (χ0) is 14.5. The fraction of sp³-hybridized carbons (Fsp3) is 0.333. The van der Waals surface area contributed by atoms with Crippen LogP contribution >= 0.6 is 0 Å². The molecule has 5 nitrogen and oxygen atoms in total. The molecular weight excluding hydrogens is 256 g/mol. The number of carboxylic acid groups (broad SMARTS) is 1. The van der Waals surface area contributed by atoms with Gasteiger partial charge in [0.2, 0.25) is 5.91 Å². The molecular formula is C15H18N2O3. The third-order valence-corrected chi connectivity index (χ3v) is 3.42. The number of hydrogen-bond acceptors (Lipinski definition) is 3. The molecule has 0 saturated carbocycles. The Morgan fingerprint density at radius 2 is 1.90 bits per heavy atom. The monoisotopic (exact) mass is 274 g/mol. The smallest absolute Gasteiger partial charge is 0.328 e. The van der Waals surface area contributed by atoms with Crippen molar-refractivity contribution >= 4 is 11.9 Å². The molecule has 0 radical (unpaired) electrons. The summed E-state index contributed by atoms with van der Waals surface area (Å²) in [7, 11) is 2.02. The first kappa shape index (κ1) is 14.3. The largest absolute Gasteiger partial charge is 0.478 e. The van der Waals surface area contributed by atoms with Crippen molar-refractivity contribution in [1.29, 1.82) is 0 Å². The molecule has 1 atom stereocenters. The van der Waals surface area contributed by atoms with Gasteiger partial charge < -0.3 is 14.9 Å². The zero-order valence-corrected chi connectivity index (χ0v) is 11.4. The van der Waals surface area contributed by atoms with E-state index < -0.39 is 5.97 Å². The van der Waals surface area contributed by atoms with Crippen molar-refractivity contribution < 1.29 is 14.7 Å². The summed E-state index contributed by atoms with van der Waals surface area (Å²) in [6.45, 7) is 2.13. The highest BCUT2D eigenvalue weighted by Gasteiger charge is 2.28. The van der Waals surface area contributed by atoms with Crippen LogP contribution in [-0.4, -0.2) is 53.5 Å². The highest BCUT2D eigenvalue weighted by Crippen LogP contribution is 2.24. The van der Waals surface area contributed by atoms with Gasteiger partial charge in [0.15, 0.2) is 0 Å². The lowest BCUT2D eigenvalue weighted by molar-refractivity contribution is -0.133. The van der Waals surface area contributed by atoms with Crippen LogP contribution in [0.4, 0.5) is 0 Å². The highest BCUT2D eigenvalue weighted by atomic mass is 16.4. The molecule has 5 heteroatoms. The molecule has 0 aliphatic carbocycles. The van der Waals surface area contributed by atoms with Crippen LogP contribution in [0.1, 0.15) is 11.6 Å². The van der Waals surface area contributed by atoms with Crippen molar-refractivity contribution in [3.05, 3.63) is 48.0 Å². The number of benzene rings is 1. The van der Waals surface area contributed by atoms with Crippen molar-refractivity contribution in [1.82, 2.24) is 9.80 Å². The summed E-state index contributed by atoms with van der Waals surface area (Å²) in [5, 5.41) is 8.62. The molecule has 1 aromatic rings. The molecule has 0 spiro atoms. The Kier molecular flexibility index (Phi) is 4.53. The maximum absolute atomic E-state index is 12.2. The van der Waals surface area contributed by atoms with E-state index in [0.717, 1.165) is 30.8 Å². The normalized spacial score (nSPS) is 20.2. The Morgan fingerprint density at radius 3 is 2.55 bits per heavy atom. The Morgan fingerprint density at radius 1 is 1.20 bits per heavy atom. The molecule has 1 N–H and O–H groups in total. The van der Waals surface area contributed by atoms with Gasteiger partial charge in [0.25, 0.3) is 0 Å². The van der Waals surface area contributed by atoms with Gasteiger partial charge in [-0.2, -0.15) is 0 Å². The summed E-state index contributed by atoms with van der Waals surface area (Å²) in [5.41, 5.74) is 1.07. The van der Waals surface area contributed by atoms with Crippen LogP contribution in [0.3, 0.4) is 0 Å². The van der Waals surface area contributed by atoms with Crippen LogP contribution in [-0.2, 0) is 9.59 Å². The summed E-state index contributed by atoms with van der Waals surface area (Å²) in [6.07, 6.45) is 2.02. The van der Waals surface area contributed by atoms with Crippen molar-refractivity contribution in [3.63, 3.8) is 0 Å². The Balaban J connectivity index is 2.20. The maximum Gasteiger partial charge on any atom is 0.328 e. The summed E-state index contributed by atoms with van der Waals surface area (Å²) < 4.78 is 0. The molecule has 2 rings (SSSR count). The summed E-state index contributed by atoms with van der Waals surface area (Å²) in [5.74, 6) is -1.36. The number of nitrogens with zero attached hydrogens (tertiary/aromatic N) is 2. The first-order valence-corrected chi connectivity index (χ1v) is 6.53. The predicted octanol–water partition coefficient (Wildman–Crippen LogP) is 1.14. The Bertz CT molecular complexity index is 513. The van der Waals surface area contributed by atoms with Crippen LogP contribution in [0.25, 0.3) is 0 Å². The molecule has 0 bridgehead atoms. The number of amides is 1. The summed E-state index contributed by atoms with van der Waals surface area (Å²) in [6, 6.07) is 9.77. The molecule has 106 valence electrons. The lowest BCUT2D eigenvalue weighted by Gasteiger charge is -2.39. The number of rotatable bonds is 3. The SMILES string of the molecule is CN1CCN(C(=O)C=CC(=O)O)C(c2ccccc2)C1. The molecule has 1 aliphatic heterocycles. The number of aliphatic carboxylic acids is 1. The predicted molar refractivity (Wildman–Crippen MR) is 75.2 cm³/mol. The average molecular weight is 274 g/mol. The summed E-state index contributed by atoms with van der Waals surface area (Å²) in [4.78, 5) is 26.6. The van der Waals surface area contributed by atoms with E-state index in [2.05, 4.69) is 4.90 Å². The minimum atomic E-state index is -1.11. The van der Waals surface area contributed by atoms with E-state index in [0.29, 0.717) is 6.54 Å². The number of carbonyl (C=O) groups is 2. The average Bonchev–Trinajstić information content (AvgIpc) is 2.45. The van der Waals surface area contributed by atoms with E-state index in [4.69, 9.17) is 5.11 Å². The molecule has 1 saturated heterocycles. The number of likely N-dealkylation sites (N-methyl/N-ethyl adjacent to an activating group) is 1. The van der Waals surface area contributed by atoms with Gasteiger partial charge in [0.1, 0.15) is 0 Å². The second kappa shape index (κ2) is 6.34. The van der Waals surface area contributed by atoms with Gasteiger partial charge in [-0.15, -0.1) is 0 Å². The van der Waals surface area contributed by atoms with E-state index in [1.165, 1.54) is 0 Å². The molecule has 20 heavy (non-hydrogen) atoms. The number of piperazine rings is 1. The standard InChI is InChI=1S/C15H18N2O3/c1-16-9-10-17(14(18)7-8-15(19)20)13(11-16)12-5-3-2-4-6-12/h2-8,13H,9-11H2,1H3,(H,19,20). The van der Waals surface area contributed by atoms with Crippen LogP contribution in [0.2, 0.25) is 0 Å². The molecule has 1 unspecified atom stereocenters. The fourth-order valence-corrected chi connectivity index (χ4v) is 2.38. The van der Waals surface area contributed by atoms with Gasteiger partial charge in [0.05, 0.1) is 6.04 Å².